The lowest BCUT2D eigenvalue weighted by molar-refractivity contribution is -0.129. The van der Waals surface area contributed by atoms with Crippen LogP contribution in [0.25, 0.3) is 0 Å². The average molecular weight is 635 g/mol. The van der Waals surface area contributed by atoms with E-state index in [0.29, 0.717) is 37.2 Å². The highest BCUT2D eigenvalue weighted by Crippen LogP contribution is 2.16. The van der Waals surface area contributed by atoms with E-state index in [0.717, 1.165) is 45.1 Å². The number of carbonyl (C=O) groups excluding carboxylic acids is 4. The number of hydrogen-bond donors (Lipinski definition) is 5. The third kappa shape index (κ3) is 14.0. The first-order valence-electron chi connectivity index (χ1n) is 14.0. The number of rotatable bonds is 15. The zero-order valence-corrected chi connectivity index (χ0v) is 25.1. The minimum absolute atomic E-state index is 0.00249. The Morgan fingerprint density at radius 3 is 2.25 bits per heavy atom. The topological polar surface area (TPSA) is 211 Å². The highest BCUT2D eigenvalue weighted by atomic mass is 32.3. The number of hydrogen-bond acceptors (Lipinski definition) is 9. The van der Waals surface area contributed by atoms with Gasteiger partial charge in [-0.1, -0.05) is 34.6 Å². The molecule has 1 aliphatic heterocycles. The molecule has 7 N–H and O–H groups in total. The van der Waals surface area contributed by atoms with Gasteiger partial charge in [-0.05, 0) is 67.6 Å². The molecule has 44 heavy (non-hydrogen) atoms. The van der Waals surface area contributed by atoms with Crippen LogP contribution in [0.15, 0.2) is 48.5 Å². The molecule has 0 saturated carbocycles. The monoisotopic (exact) mass is 634 g/mol. The quantitative estimate of drug-likeness (QED) is 0.104. The van der Waals surface area contributed by atoms with E-state index in [-0.39, 0.29) is 42.4 Å². The van der Waals surface area contributed by atoms with Crippen LogP contribution in [0.1, 0.15) is 60.0 Å². The number of likely N-dealkylation sites (tertiary alicyclic amines) is 1. The molecule has 0 aliphatic carbocycles. The molecule has 1 unspecified atom stereocenters. The molecule has 239 valence electrons. The van der Waals surface area contributed by atoms with Crippen molar-refractivity contribution in [3.63, 3.8) is 0 Å². The summed E-state index contributed by atoms with van der Waals surface area (Å²) in [5.74, 6) is -1.49. The third-order valence-electron chi connectivity index (χ3n) is 6.50. The summed E-state index contributed by atoms with van der Waals surface area (Å²) < 4.78 is 36.2. The highest BCUT2D eigenvalue weighted by Gasteiger charge is 2.29. The summed E-state index contributed by atoms with van der Waals surface area (Å²) in [4.78, 5) is 48.3. The molecule has 13 nitrogen and oxygen atoms in total. The fourth-order valence-electron chi connectivity index (χ4n) is 4.27. The summed E-state index contributed by atoms with van der Waals surface area (Å²) >= 11 is 0. The number of carbonyl (C=O) groups is 4. The summed E-state index contributed by atoms with van der Waals surface area (Å²) in [5.41, 5.74) is 12.3. The molecule has 16 heteroatoms. The van der Waals surface area contributed by atoms with Crippen molar-refractivity contribution in [3.8, 4) is 5.75 Å². The Bertz CT molecular complexity index is 1350. The van der Waals surface area contributed by atoms with Crippen LogP contribution in [-0.2, 0) is 37.9 Å². The van der Waals surface area contributed by atoms with Crippen LogP contribution in [0.5, 0.6) is 5.75 Å². The molecule has 2 aromatic rings. The Labute approximate surface area is 257 Å². The van der Waals surface area contributed by atoms with Crippen LogP contribution in [0.3, 0.4) is 0 Å². The van der Waals surface area contributed by atoms with Crippen LogP contribution in [0.2, 0.25) is 0 Å². The Morgan fingerprint density at radius 1 is 1.00 bits per heavy atom. The minimum Gasteiger partial charge on any atom is -0.452 e. The van der Waals surface area contributed by atoms with Gasteiger partial charge in [-0.2, -0.15) is 8.42 Å². The van der Waals surface area contributed by atoms with Crippen LogP contribution in [0.4, 0.5) is 3.89 Å². The van der Waals surface area contributed by atoms with E-state index in [1.807, 2.05) is 0 Å². The van der Waals surface area contributed by atoms with Gasteiger partial charge < -0.3 is 36.2 Å². The lowest BCUT2D eigenvalue weighted by Gasteiger charge is -2.22. The van der Waals surface area contributed by atoms with Crippen molar-refractivity contribution in [3.05, 3.63) is 65.2 Å². The average Bonchev–Trinajstić information content (AvgIpc) is 3.47. The lowest BCUT2D eigenvalue weighted by Crippen LogP contribution is -2.44. The number of benzene rings is 2. The molecule has 1 fully saturated rings. The fourth-order valence-corrected chi connectivity index (χ4v) is 4.61. The number of nitrogens with two attached hydrogens (primary N) is 2. The second kappa shape index (κ2) is 18.6. The predicted molar refractivity (Wildman–Crippen MR) is 161 cm³/mol. The summed E-state index contributed by atoms with van der Waals surface area (Å²) in [6.45, 7) is 1.54. The maximum absolute atomic E-state index is 12.2. The molecule has 2 aromatic carbocycles. The van der Waals surface area contributed by atoms with E-state index in [9.17, 15) is 36.5 Å². The Kier molecular flexibility index (Phi) is 15.3. The molecule has 0 spiro atoms. The summed E-state index contributed by atoms with van der Waals surface area (Å²) in [6.07, 6.45) is 4.81. The molecule has 1 heterocycles. The number of halogens is 1. The minimum atomic E-state index is -5.00. The van der Waals surface area contributed by atoms with E-state index in [2.05, 4.69) is 14.8 Å². The molecule has 3 rings (SSSR count). The van der Waals surface area contributed by atoms with Crippen molar-refractivity contribution >= 4 is 41.6 Å². The molecule has 1 radical (unpaired) electrons. The molecular formula is C28H38BFN5O8S. The van der Waals surface area contributed by atoms with E-state index in [1.165, 1.54) is 24.3 Å². The normalized spacial score (nSPS) is 14.2. The van der Waals surface area contributed by atoms with Gasteiger partial charge >= 0.3 is 18.0 Å². The Morgan fingerprint density at radius 2 is 1.66 bits per heavy atom. The van der Waals surface area contributed by atoms with E-state index < -0.39 is 16.4 Å². The third-order valence-corrected chi connectivity index (χ3v) is 6.89. The molecule has 0 aromatic heterocycles. The number of amides is 4. The van der Waals surface area contributed by atoms with Crippen molar-refractivity contribution in [1.82, 2.24) is 15.5 Å². The second-order valence-corrected chi connectivity index (χ2v) is 10.9. The largest absolute Gasteiger partial charge is 0.488 e. The van der Waals surface area contributed by atoms with Gasteiger partial charge in [0.25, 0.3) is 5.91 Å². The maximum Gasteiger partial charge on any atom is 0.488 e. The smallest absolute Gasteiger partial charge is 0.452 e. The maximum atomic E-state index is 12.2. The van der Waals surface area contributed by atoms with Gasteiger partial charge in [0.05, 0.1) is 13.0 Å². The van der Waals surface area contributed by atoms with Gasteiger partial charge in [-0.15, -0.1) is 0 Å². The van der Waals surface area contributed by atoms with E-state index in [1.54, 1.807) is 29.2 Å². The molecule has 1 saturated heterocycles. The number of nitrogens with zero attached hydrogens (tertiary/aromatic N) is 1. The van der Waals surface area contributed by atoms with Gasteiger partial charge in [0.15, 0.2) is 0 Å². The summed E-state index contributed by atoms with van der Waals surface area (Å²) in [7, 11) is -3.97. The molecule has 0 bridgehead atoms. The van der Waals surface area contributed by atoms with Gasteiger partial charge in [-0.3, -0.25) is 19.2 Å². The van der Waals surface area contributed by atoms with Crippen LogP contribution in [0, 0.1) is 0 Å². The molecule has 4 amide bonds. The molecule has 1 atom stereocenters. The standard InChI is InChI=1S/C20H30BN4O4.C8H8FNO4S/c22-11-3-1-2-6-18(26)23-13-15-7-9-16(10-8-15)20(28)24-14-19(27)25-12-4-5-17(25)21-29;9-15(12,13)14-7-3-1-6(2-4-7)5-8(10)11/h7-10,17,29H,1-6,11-14,22H2,(H,23,26)(H,24,28);1-4H,5H2,(H2,10,11). The van der Waals surface area contributed by atoms with Gasteiger partial charge in [0, 0.05) is 31.0 Å². The zero-order valence-electron chi connectivity index (χ0n) is 24.2. The molecular weight excluding hydrogens is 596 g/mol. The van der Waals surface area contributed by atoms with Crippen molar-refractivity contribution in [2.24, 2.45) is 11.5 Å². The first-order valence-corrected chi connectivity index (χ1v) is 15.3. The first-order chi connectivity index (χ1) is 20.9. The highest BCUT2D eigenvalue weighted by molar-refractivity contribution is 7.81. The van der Waals surface area contributed by atoms with Crippen LogP contribution < -0.4 is 26.3 Å². The molecule has 1 aliphatic rings. The number of nitrogens with one attached hydrogen (secondary N) is 2. The van der Waals surface area contributed by atoms with Crippen LogP contribution >= 0.6 is 0 Å². The van der Waals surface area contributed by atoms with Crippen molar-refractivity contribution in [1.29, 1.82) is 0 Å². The summed E-state index contributed by atoms with van der Waals surface area (Å²) in [6, 6.07) is 12.2. The second-order valence-electron chi connectivity index (χ2n) is 9.96. The van der Waals surface area contributed by atoms with Gasteiger partial charge in [0.2, 0.25) is 17.7 Å². The Hall–Kier alpha value is -4.02. The van der Waals surface area contributed by atoms with E-state index in [4.69, 9.17) is 11.5 Å². The van der Waals surface area contributed by atoms with Crippen LogP contribution in [-0.4, -0.2) is 75.0 Å². The SMILES string of the molecule is NC(=O)Cc1ccc(OS(=O)(=O)F)cc1.NCCCCCC(=O)NCc1ccc(C(=O)NCC(=O)N2CCCC2[B]O)cc1. The first kappa shape index (κ1) is 36.2. The number of primary amides is 1. The fraction of sp³-hybridized carbons (Fsp3) is 0.429. The van der Waals surface area contributed by atoms with Crippen molar-refractivity contribution in [2.45, 2.75) is 57.4 Å². The summed E-state index contributed by atoms with van der Waals surface area (Å²) in [5, 5.41) is 14.7. The van der Waals surface area contributed by atoms with Crippen molar-refractivity contribution < 1.29 is 40.7 Å². The zero-order chi connectivity index (χ0) is 32.5. The van der Waals surface area contributed by atoms with Gasteiger partial charge in [0.1, 0.15) is 5.75 Å². The Balaban J connectivity index is 0.000000378. The lowest BCUT2D eigenvalue weighted by atomic mass is 9.86. The number of unbranched alkanes of at least 4 members (excludes halogenated alkanes) is 2. The predicted octanol–water partition coefficient (Wildman–Crippen LogP) is 0.419. The van der Waals surface area contributed by atoms with E-state index >= 15 is 0 Å². The van der Waals surface area contributed by atoms with Crippen molar-refractivity contribution in [2.75, 3.05) is 19.6 Å². The van der Waals surface area contributed by atoms with Gasteiger partial charge in [-0.25, -0.2) is 0 Å².